The molecule has 0 aliphatic heterocycles. The van der Waals surface area contributed by atoms with Gasteiger partial charge < -0.3 is 9.15 Å². The largest absolute Gasteiger partial charge is 0.462 e. The van der Waals surface area contributed by atoms with Gasteiger partial charge in [-0.3, -0.25) is 9.10 Å². The number of benzene rings is 3. The van der Waals surface area contributed by atoms with E-state index in [2.05, 4.69) is 10.5 Å². The molecule has 206 valence electrons. The summed E-state index contributed by atoms with van der Waals surface area (Å²) in [6.07, 6.45) is 1.32. The average Bonchev–Trinajstić information content (AvgIpc) is 3.42. The predicted octanol–water partition coefficient (Wildman–Crippen LogP) is 5.09. The fourth-order valence-corrected chi connectivity index (χ4v) is 5.51. The van der Waals surface area contributed by atoms with Crippen molar-refractivity contribution in [1.29, 1.82) is 0 Å². The fraction of sp³-hybridized carbons (Fsp3) is 0.167. The molecule has 3 aromatic carbocycles. The Labute approximate surface area is 233 Å². The number of sulfonamides is 1. The molecule has 9 nitrogen and oxygen atoms in total. The highest BCUT2D eigenvalue weighted by Crippen LogP contribution is 2.27. The Balaban J connectivity index is 1.47. The smallest absolute Gasteiger partial charge is 0.338 e. The van der Waals surface area contributed by atoms with Crippen LogP contribution >= 0.6 is 0 Å². The van der Waals surface area contributed by atoms with Gasteiger partial charge in [0.05, 0.1) is 29.0 Å². The van der Waals surface area contributed by atoms with Gasteiger partial charge in [0, 0.05) is 5.56 Å². The lowest BCUT2D eigenvalue weighted by Crippen LogP contribution is -2.40. The van der Waals surface area contributed by atoms with Gasteiger partial charge in [0.25, 0.3) is 15.9 Å². The van der Waals surface area contributed by atoms with Crippen LogP contribution in [0.2, 0.25) is 0 Å². The number of esters is 1. The van der Waals surface area contributed by atoms with Gasteiger partial charge in [-0.15, -0.1) is 0 Å². The van der Waals surface area contributed by atoms with E-state index in [1.807, 2.05) is 13.0 Å². The summed E-state index contributed by atoms with van der Waals surface area (Å²) in [7, 11) is -4.03. The maximum atomic E-state index is 13.5. The summed E-state index contributed by atoms with van der Waals surface area (Å²) in [5.41, 5.74) is 5.65. The lowest BCUT2D eigenvalue weighted by Gasteiger charge is -2.25. The van der Waals surface area contributed by atoms with Crippen LogP contribution in [-0.4, -0.2) is 39.7 Å². The first-order valence-corrected chi connectivity index (χ1v) is 14.0. The van der Waals surface area contributed by atoms with Gasteiger partial charge in [-0.2, -0.15) is 5.10 Å². The van der Waals surface area contributed by atoms with Gasteiger partial charge in [-0.05, 0) is 68.8 Å². The number of anilines is 1. The van der Waals surface area contributed by atoms with Crippen molar-refractivity contribution in [2.45, 2.75) is 25.7 Å². The molecule has 0 aliphatic rings. The number of hydrazone groups is 1. The maximum Gasteiger partial charge on any atom is 0.338 e. The van der Waals surface area contributed by atoms with E-state index in [0.29, 0.717) is 34.9 Å². The Morgan fingerprint density at radius 1 is 0.975 bits per heavy atom. The highest BCUT2D eigenvalue weighted by Gasteiger charge is 2.28. The fourth-order valence-electron chi connectivity index (χ4n) is 4.00. The minimum absolute atomic E-state index is 0.0738. The van der Waals surface area contributed by atoms with E-state index in [-0.39, 0.29) is 4.90 Å². The molecule has 0 atom stereocenters. The molecule has 4 rings (SSSR count). The summed E-state index contributed by atoms with van der Waals surface area (Å²) in [5.74, 6) is -0.118. The number of aryl methyl sites for hydroxylation is 2. The Morgan fingerprint density at radius 3 is 2.38 bits per heavy atom. The Kier molecular flexibility index (Phi) is 8.80. The molecular weight excluding hydrogens is 530 g/mol. The molecule has 0 unspecified atom stereocenters. The van der Waals surface area contributed by atoms with Crippen LogP contribution in [0.4, 0.5) is 5.69 Å². The minimum atomic E-state index is -4.03. The highest BCUT2D eigenvalue weighted by molar-refractivity contribution is 7.92. The molecule has 0 aliphatic carbocycles. The van der Waals surface area contributed by atoms with Gasteiger partial charge >= 0.3 is 5.97 Å². The molecule has 0 spiro atoms. The van der Waals surface area contributed by atoms with Crippen molar-refractivity contribution >= 4 is 33.8 Å². The number of amides is 1. The van der Waals surface area contributed by atoms with Gasteiger partial charge in [0.2, 0.25) is 0 Å². The first kappa shape index (κ1) is 28.3. The Hall–Kier alpha value is -4.70. The van der Waals surface area contributed by atoms with Crippen molar-refractivity contribution in [3.63, 3.8) is 0 Å². The van der Waals surface area contributed by atoms with Crippen molar-refractivity contribution in [2.24, 2.45) is 5.10 Å². The monoisotopic (exact) mass is 559 g/mol. The molecule has 0 bridgehead atoms. The third-order valence-corrected chi connectivity index (χ3v) is 7.70. The molecule has 0 saturated heterocycles. The standard InChI is InChI=1S/C30H29N3O6S/c1-4-38-30(35)24-13-11-23(12-14-24)28-17-15-25(39-28)19-31-32-29(34)20-33(27-16-10-21(2)18-22(27)3)40(36,37)26-8-6-5-7-9-26/h5-19H,4,20H2,1-3H3,(H,32,34)/b31-19-. The van der Waals surface area contributed by atoms with Crippen LogP contribution in [0.3, 0.4) is 0 Å². The summed E-state index contributed by atoms with van der Waals surface area (Å²) >= 11 is 0. The molecule has 0 fully saturated rings. The van der Waals surface area contributed by atoms with E-state index in [0.717, 1.165) is 15.4 Å². The molecule has 4 aromatic rings. The molecule has 0 saturated carbocycles. The summed E-state index contributed by atoms with van der Waals surface area (Å²) in [4.78, 5) is 24.7. The number of hydrogen-bond donors (Lipinski definition) is 1. The van der Waals surface area contributed by atoms with Crippen LogP contribution in [0.15, 0.2) is 99.3 Å². The average molecular weight is 560 g/mol. The van der Waals surface area contributed by atoms with Gasteiger partial charge in [0.1, 0.15) is 18.1 Å². The summed E-state index contributed by atoms with van der Waals surface area (Å²) < 4.78 is 38.8. The SMILES string of the molecule is CCOC(=O)c1ccc(-c2ccc(/C=N\NC(=O)CN(c3ccc(C)cc3C)S(=O)(=O)c3ccccc3)o2)cc1. The van der Waals surface area contributed by atoms with Crippen LogP contribution in [0.25, 0.3) is 11.3 Å². The lowest BCUT2D eigenvalue weighted by atomic mass is 10.1. The van der Waals surface area contributed by atoms with Crippen LogP contribution in [0.5, 0.6) is 0 Å². The van der Waals surface area contributed by atoms with Crippen molar-refractivity contribution < 1.29 is 27.2 Å². The number of hydrogen-bond acceptors (Lipinski definition) is 7. The number of carbonyl (C=O) groups is 2. The summed E-state index contributed by atoms with van der Waals surface area (Å²) in [5, 5.41) is 3.94. The molecular formula is C30H29N3O6S. The predicted molar refractivity (Wildman–Crippen MR) is 153 cm³/mol. The molecule has 10 heteroatoms. The number of rotatable bonds is 10. The number of nitrogens with zero attached hydrogens (tertiary/aromatic N) is 2. The zero-order valence-corrected chi connectivity index (χ0v) is 23.1. The quantitative estimate of drug-likeness (QED) is 0.164. The van der Waals surface area contributed by atoms with Gasteiger partial charge in [-0.25, -0.2) is 18.6 Å². The second-order valence-electron chi connectivity index (χ2n) is 8.91. The van der Waals surface area contributed by atoms with Crippen molar-refractivity contribution in [3.05, 3.63) is 107 Å². The van der Waals surface area contributed by atoms with Crippen LogP contribution in [0.1, 0.15) is 34.2 Å². The van der Waals surface area contributed by atoms with E-state index in [1.165, 1.54) is 18.3 Å². The van der Waals surface area contributed by atoms with E-state index in [9.17, 15) is 18.0 Å². The highest BCUT2D eigenvalue weighted by atomic mass is 32.2. The van der Waals surface area contributed by atoms with Crippen LogP contribution in [0, 0.1) is 13.8 Å². The Bertz CT molecular complexity index is 1630. The van der Waals surface area contributed by atoms with E-state index in [1.54, 1.807) is 80.6 Å². The summed E-state index contributed by atoms with van der Waals surface area (Å²) in [6, 6.07) is 23.5. The first-order valence-electron chi connectivity index (χ1n) is 12.5. The third kappa shape index (κ3) is 6.65. The molecule has 1 aromatic heterocycles. The number of ether oxygens (including phenoxy) is 1. The second kappa shape index (κ2) is 12.4. The van der Waals surface area contributed by atoms with E-state index >= 15 is 0 Å². The Morgan fingerprint density at radius 2 is 1.70 bits per heavy atom. The van der Waals surface area contributed by atoms with Crippen molar-refractivity contribution in [3.8, 4) is 11.3 Å². The molecule has 1 heterocycles. The minimum Gasteiger partial charge on any atom is -0.462 e. The normalized spacial score (nSPS) is 11.4. The van der Waals surface area contributed by atoms with E-state index < -0.39 is 28.4 Å². The van der Waals surface area contributed by atoms with E-state index in [4.69, 9.17) is 9.15 Å². The van der Waals surface area contributed by atoms with Crippen LogP contribution < -0.4 is 9.73 Å². The van der Waals surface area contributed by atoms with Crippen LogP contribution in [-0.2, 0) is 19.6 Å². The lowest BCUT2D eigenvalue weighted by molar-refractivity contribution is -0.119. The summed E-state index contributed by atoms with van der Waals surface area (Å²) in [6.45, 7) is 5.27. The topological polar surface area (TPSA) is 118 Å². The third-order valence-electron chi connectivity index (χ3n) is 5.93. The van der Waals surface area contributed by atoms with Crippen molar-refractivity contribution in [2.75, 3.05) is 17.5 Å². The second-order valence-corrected chi connectivity index (χ2v) is 10.8. The molecule has 1 amide bonds. The molecule has 40 heavy (non-hydrogen) atoms. The number of nitrogens with one attached hydrogen (secondary N) is 1. The molecule has 0 radical (unpaired) electrons. The zero-order chi connectivity index (χ0) is 28.7. The number of carbonyl (C=O) groups excluding carboxylic acids is 2. The molecule has 1 N–H and O–H groups in total. The zero-order valence-electron chi connectivity index (χ0n) is 22.3. The maximum absolute atomic E-state index is 13.5. The van der Waals surface area contributed by atoms with Crippen molar-refractivity contribution in [1.82, 2.24) is 5.43 Å². The first-order chi connectivity index (χ1) is 19.2. The number of furan rings is 1. The van der Waals surface area contributed by atoms with Gasteiger partial charge in [-0.1, -0.05) is 48.0 Å². The van der Waals surface area contributed by atoms with Gasteiger partial charge in [0.15, 0.2) is 0 Å².